The normalized spacial score (nSPS) is 15.8. The zero-order valence-corrected chi connectivity index (χ0v) is 10.7. The molecule has 7 heteroatoms. The van der Waals surface area contributed by atoms with Crippen molar-refractivity contribution in [2.24, 2.45) is 5.73 Å². The number of hydrogen-bond acceptors (Lipinski definition) is 4. The largest absolute Gasteiger partial charge is 0.381 e. The molecule has 1 aliphatic heterocycles. The molecule has 0 saturated carbocycles. The Labute approximate surface area is 110 Å². The third kappa shape index (κ3) is 2.02. The van der Waals surface area contributed by atoms with Crippen LogP contribution < -0.4 is 5.73 Å². The van der Waals surface area contributed by atoms with Crippen LogP contribution in [0.15, 0.2) is 22.7 Å². The van der Waals surface area contributed by atoms with Crippen LogP contribution in [0.1, 0.15) is 20.7 Å². The Kier molecular flexibility index (Phi) is 3.18. The number of nitrogens with zero attached hydrogens (tertiary/aromatic N) is 1. The average molecular weight is 313 g/mol. The van der Waals surface area contributed by atoms with E-state index in [0.29, 0.717) is 4.47 Å². The lowest BCUT2D eigenvalue weighted by Crippen LogP contribution is -2.42. The molecule has 0 fully saturated rings. The van der Waals surface area contributed by atoms with Crippen molar-refractivity contribution >= 4 is 33.7 Å². The van der Waals surface area contributed by atoms with Gasteiger partial charge in [-0.1, -0.05) is 15.9 Å². The van der Waals surface area contributed by atoms with Gasteiger partial charge in [-0.2, -0.15) is 0 Å². The summed E-state index contributed by atoms with van der Waals surface area (Å²) in [5.74, 6) is -2.06. The van der Waals surface area contributed by atoms with Gasteiger partial charge in [-0.15, -0.1) is 0 Å². The standard InChI is InChI=1S/C11H9BrN2O4/c12-5-1-2-6-7(3-5)11(18)14(10(6)17)4-8(15)9(13)16/h1-3,8,15H,4H2,(H2,13,16). The highest BCUT2D eigenvalue weighted by atomic mass is 79.9. The Morgan fingerprint density at radius 1 is 1.33 bits per heavy atom. The van der Waals surface area contributed by atoms with E-state index in [9.17, 15) is 19.5 Å². The Morgan fingerprint density at radius 2 is 1.94 bits per heavy atom. The molecule has 1 unspecified atom stereocenters. The molecule has 18 heavy (non-hydrogen) atoms. The first-order valence-electron chi connectivity index (χ1n) is 5.05. The van der Waals surface area contributed by atoms with Crippen molar-refractivity contribution in [1.29, 1.82) is 0 Å². The van der Waals surface area contributed by atoms with Crippen LogP contribution in [0.2, 0.25) is 0 Å². The molecule has 0 radical (unpaired) electrons. The van der Waals surface area contributed by atoms with E-state index in [4.69, 9.17) is 5.73 Å². The fourth-order valence-electron chi connectivity index (χ4n) is 1.69. The number of benzene rings is 1. The number of rotatable bonds is 3. The van der Waals surface area contributed by atoms with Gasteiger partial charge in [0.2, 0.25) is 5.91 Å². The summed E-state index contributed by atoms with van der Waals surface area (Å²) in [7, 11) is 0. The Morgan fingerprint density at radius 3 is 2.56 bits per heavy atom. The van der Waals surface area contributed by atoms with E-state index in [1.54, 1.807) is 6.07 Å². The minimum Gasteiger partial charge on any atom is -0.381 e. The van der Waals surface area contributed by atoms with Crippen molar-refractivity contribution in [3.8, 4) is 0 Å². The average Bonchev–Trinajstić information content (AvgIpc) is 2.54. The summed E-state index contributed by atoms with van der Waals surface area (Å²) in [5, 5.41) is 9.33. The van der Waals surface area contributed by atoms with Gasteiger partial charge in [-0.25, -0.2) is 0 Å². The molecule has 3 N–H and O–H groups in total. The van der Waals surface area contributed by atoms with Gasteiger partial charge in [0, 0.05) is 4.47 Å². The topological polar surface area (TPSA) is 101 Å². The first-order chi connectivity index (χ1) is 8.41. The molecule has 0 aliphatic carbocycles. The number of halogens is 1. The van der Waals surface area contributed by atoms with Crippen LogP contribution in [0.3, 0.4) is 0 Å². The number of aliphatic hydroxyl groups is 1. The molecule has 0 spiro atoms. The summed E-state index contributed by atoms with van der Waals surface area (Å²) >= 11 is 3.20. The molecule has 1 aliphatic rings. The summed E-state index contributed by atoms with van der Waals surface area (Å²) in [6.07, 6.45) is -1.56. The van der Waals surface area contributed by atoms with Crippen molar-refractivity contribution in [2.45, 2.75) is 6.10 Å². The van der Waals surface area contributed by atoms with E-state index in [2.05, 4.69) is 15.9 Å². The second-order valence-corrected chi connectivity index (χ2v) is 4.74. The van der Waals surface area contributed by atoms with Gasteiger partial charge in [0.05, 0.1) is 17.7 Å². The van der Waals surface area contributed by atoms with Crippen LogP contribution in [0.25, 0.3) is 0 Å². The number of nitrogens with two attached hydrogens (primary N) is 1. The maximum Gasteiger partial charge on any atom is 0.261 e. The summed E-state index contributed by atoms with van der Waals surface area (Å²) in [4.78, 5) is 35.4. The number of hydrogen-bond donors (Lipinski definition) is 2. The zero-order valence-electron chi connectivity index (χ0n) is 9.09. The first kappa shape index (κ1) is 12.7. The van der Waals surface area contributed by atoms with Crippen molar-refractivity contribution in [3.05, 3.63) is 33.8 Å². The van der Waals surface area contributed by atoms with Gasteiger partial charge in [0.25, 0.3) is 11.8 Å². The number of imide groups is 1. The smallest absolute Gasteiger partial charge is 0.261 e. The van der Waals surface area contributed by atoms with Gasteiger partial charge >= 0.3 is 0 Å². The highest BCUT2D eigenvalue weighted by molar-refractivity contribution is 9.10. The molecular formula is C11H9BrN2O4. The molecule has 3 amide bonds. The number of aliphatic hydroxyl groups excluding tert-OH is 1. The van der Waals surface area contributed by atoms with E-state index >= 15 is 0 Å². The molecule has 0 bridgehead atoms. The fourth-order valence-corrected chi connectivity index (χ4v) is 2.05. The molecule has 1 aromatic rings. The quantitative estimate of drug-likeness (QED) is 0.760. The minimum absolute atomic E-state index is 0.242. The van der Waals surface area contributed by atoms with E-state index in [1.807, 2.05) is 0 Å². The van der Waals surface area contributed by atoms with E-state index in [-0.39, 0.29) is 11.1 Å². The molecular weight excluding hydrogens is 304 g/mol. The Balaban J connectivity index is 2.31. The van der Waals surface area contributed by atoms with Gasteiger partial charge in [0.15, 0.2) is 6.10 Å². The first-order valence-corrected chi connectivity index (χ1v) is 5.84. The zero-order chi connectivity index (χ0) is 13.4. The van der Waals surface area contributed by atoms with E-state index < -0.39 is 30.4 Å². The predicted molar refractivity (Wildman–Crippen MR) is 64.7 cm³/mol. The number of fused-ring (bicyclic) bond motifs is 1. The minimum atomic E-state index is -1.56. The summed E-state index contributed by atoms with van der Waals surface area (Å²) in [6.45, 7) is -0.431. The number of carbonyl (C=O) groups excluding carboxylic acids is 3. The highest BCUT2D eigenvalue weighted by Gasteiger charge is 2.37. The van der Waals surface area contributed by atoms with Crippen LogP contribution in [0, 0.1) is 0 Å². The third-order valence-electron chi connectivity index (χ3n) is 2.62. The summed E-state index contributed by atoms with van der Waals surface area (Å²) < 4.78 is 0.666. The van der Waals surface area contributed by atoms with Crippen molar-refractivity contribution in [1.82, 2.24) is 4.90 Å². The van der Waals surface area contributed by atoms with Gasteiger partial charge in [-0.05, 0) is 18.2 Å². The molecule has 6 nitrogen and oxygen atoms in total. The predicted octanol–water partition coefficient (Wildman–Crippen LogP) is -0.109. The molecule has 94 valence electrons. The number of amides is 3. The summed E-state index contributed by atoms with van der Waals surface area (Å²) in [6, 6.07) is 4.67. The second-order valence-electron chi connectivity index (χ2n) is 3.83. The lowest BCUT2D eigenvalue weighted by atomic mass is 10.1. The fraction of sp³-hybridized carbons (Fsp3) is 0.182. The van der Waals surface area contributed by atoms with Crippen LogP contribution in [0.4, 0.5) is 0 Å². The lowest BCUT2D eigenvalue weighted by molar-refractivity contribution is -0.126. The molecule has 1 aromatic carbocycles. The monoisotopic (exact) mass is 312 g/mol. The molecule has 0 saturated heterocycles. The van der Waals surface area contributed by atoms with E-state index in [0.717, 1.165) is 4.90 Å². The second kappa shape index (κ2) is 4.51. The van der Waals surface area contributed by atoms with Crippen LogP contribution in [-0.2, 0) is 4.79 Å². The van der Waals surface area contributed by atoms with Crippen molar-refractivity contribution < 1.29 is 19.5 Å². The van der Waals surface area contributed by atoms with Gasteiger partial charge in [-0.3, -0.25) is 19.3 Å². The number of primary amides is 1. The molecule has 2 rings (SSSR count). The molecule has 0 aromatic heterocycles. The van der Waals surface area contributed by atoms with E-state index in [1.165, 1.54) is 12.1 Å². The maximum atomic E-state index is 11.9. The molecule has 1 atom stereocenters. The molecule has 1 heterocycles. The SMILES string of the molecule is NC(=O)C(O)CN1C(=O)c2ccc(Br)cc2C1=O. The highest BCUT2D eigenvalue weighted by Crippen LogP contribution is 2.25. The van der Waals surface area contributed by atoms with Crippen molar-refractivity contribution in [3.63, 3.8) is 0 Å². The van der Waals surface area contributed by atoms with Gasteiger partial charge in [0.1, 0.15) is 0 Å². The maximum absolute atomic E-state index is 11.9. The Bertz CT molecular complexity index is 558. The summed E-state index contributed by atoms with van der Waals surface area (Å²) in [5.41, 5.74) is 5.38. The number of β-amino-alcohol motifs (C(OH)–C–C–N with tert-alkyl or cyclic N) is 1. The Hall–Kier alpha value is -1.73. The number of carbonyl (C=O) groups is 3. The van der Waals surface area contributed by atoms with Crippen LogP contribution in [0.5, 0.6) is 0 Å². The van der Waals surface area contributed by atoms with Crippen molar-refractivity contribution in [2.75, 3.05) is 6.54 Å². The van der Waals surface area contributed by atoms with Gasteiger partial charge < -0.3 is 10.8 Å². The lowest BCUT2D eigenvalue weighted by Gasteiger charge is -2.15. The van der Waals surface area contributed by atoms with Crippen LogP contribution in [-0.4, -0.2) is 40.4 Å². The van der Waals surface area contributed by atoms with Crippen LogP contribution >= 0.6 is 15.9 Å². The third-order valence-corrected chi connectivity index (χ3v) is 3.11.